The van der Waals surface area contributed by atoms with Crippen molar-refractivity contribution in [1.82, 2.24) is 5.32 Å². The molecule has 0 aliphatic rings. The molecule has 3 aromatic rings. The quantitative estimate of drug-likeness (QED) is 0.775. The zero-order chi connectivity index (χ0) is 13.9. The second-order valence-corrected chi connectivity index (χ2v) is 5.30. The van der Waals surface area contributed by atoms with Gasteiger partial charge in [0.15, 0.2) is 5.76 Å². The third kappa shape index (κ3) is 2.45. The number of fused-ring (bicyclic) bond motifs is 1. The highest BCUT2D eigenvalue weighted by molar-refractivity contribution is 7.17. The molecule has 2 N–H and O–H groups in total. The van der Waals surface area contributed by atoms with Crippen LogP contribution < -0.4 is 5.32 Å². The summed E-state index contributed by atoms with van der Waals surface area (Å²) < 4.78 is 6.12. The Hall–Kier alpha value is -2.11. The van der Waals surface area contributed by atoms with Crippen LogP contribution in [0, 0.1) is 0 Å². The van der Waals surface area contributed by atoms with E-state index in [9.17, 15) is 9.90 Å². The van der Waals surface area contributed by atoms with Crippen LogP contribution in [0.5, 0.6) is 0 Å². The Balaban J connectivity index is 1.70. The molecule has 0 fully saturated rings. The van der Waals surface area contributed by atoms with Gasteiger partial charge < -0.3 is 14.8 Å². The molecule has 0 aliphatic carbocycles. The summed E-state index contributed by atoms with van der Waals surface area (Å²) in [6, 6.07) is 11.1. The number of nitrogens with one attached hydrogen (secondary N) is 1. The number of thiophene rings is 1. The first kappa shape index (κ1) is 12.9. The van der Waals surface area contributed by atoms with Gasteiger partial charge in [-0.15, -0.1) is 11.3 Å². The number of aliphatic hydroxyl groups is 1. The smallest absolute Gasteiger partial charge is 0.287 e. The maximum absolute atomic E-state index is 11.7. The molecule has 2 heterocycles. The number of hydrogen-bond acceptors (Lipinski definition) is 4. The average Bonchev–Trinajstić information content (AvgIpc) is 3.13. The minimum absolute atomic E-state index is 0.153. The van der Waals surface area contributed by atoms with Gasteiger partial charge >= 0.3 is 0 Å². The van der Waals surface area contributed by atoms with Crippen LogP contribution in [0.4, 0.5) is 0 Å². The van der Waals surface area contributed by atoms with Gasteiger partial charge in [-0.1, -0.05) is 18.2 Å². The highest BCUT2D eigenvalue weighted by atomic mass is 32.1. The van der Waals surface area contributed by atoms with Crippen LogP contribution in [0.3, 0.4) is 0 Å². The van der Waals surface area contributed by atoms with Crippen LogP contribution in [0.15, 0.2) is 52.5 Å². The summed E-state index contributed by atoms with van der Waals surface area (Å²) in [7, 11) is 0. The fourth-order valence-electron chi connectivity index (χ4n) is 2.05. The lowest BCUT2D eigenvalue weighted by Gasteiger charge is -2.10. The molecule has 2 aromatic heterocycles. The van der Waals surface area contributed by atoms with Gasteiger partial charge in [0.1, 0.15) is 0 Å². The van der Waals surface area contributed by atoms with Crippen LogP contribution in [0.2, 0.25) is 0 Å². The van der Waals surface area contributed by atoms with Crippen molar-refractivity contribution in [3.63, 3.8) is 0 Å². The van der Waals surface area contributed by atoms with Crippen molar-refractivity contribution in [2.45, 2.75) is 6.10 Å². The SMILES string of the molecule is O=C(NC[C@H](O)c1csc2ccccc12)c1ccco1. The fourth-order valence-corrected chi connectivity index (χ4v) is 3.06. The number of aliphatic hydroxyl groups excluding tert-OH is 1. The highest BCUT2D eigenvalue weighted by Crippen LogP contribution is 2.29. The van der Waals surface area contributed by atoms with E-state index in [0.29, 0.717) is 0 Å². The Morgan fingerprint density at radius 2 is 2.15 bits per heavy atom. The minimum Gasteiger partial charge on any atom is -0.459 e. The van der Waals surface area contributed by atoms with Crippen LogP contribution in [0.1, 0.15) is 22.2 Å². The molecule has 0 saturated heterocycles. The van der Waals surface area contributed by atoms with Crippen molar-refractivity contribution >= 4 is 27.3 Å². The van der Waals surface area contributed by atoms with E-state index in [2.05, 4.69) is 5.32 Å². The van der Waals surface area contributed by atoms with Gasteiger partial charge in [-0.25, -0.2) is 0 Å². The maximum Gasteiger partial charge on any atom is 0.287 e. The van der Waals surface area contributed by atoms with E-state index >= 15 is 0 Å². The summed E-state index contributed by atoms with van der Waals surface area (Å²) in [5, 5.41) is 15.8. The van der Waals surface area contributed by atoms with E-state index < -0.39 is 6.10 Å². The topological polar surface area (TPSA) is 62.5 Å². The lowest BCUT2D eigenvalue weighted by atomic mass is 10.1. The molecule has 3 rings (SSSR count). The van der Waals surface area contributed by atoms with E-state index in [-0.39, 0.29) is 18.2 Å². The largest absolute Gasteiger partial charge is 0.459 e. The first-order valence-corrected chi connectivity index (χ1v) is 7.09. The van der Waals surface area contributed by atoms with Crippen molar-refractivity contribution in [3.05, 3.63) is 59.4 Å². The van der Waals surface area contributed by atoms with Gasteiger partial charge in [0.05, 0.1) is 12.4 Å². The first-order valence-electron chi connectivity index (χ1n) is 6.21. The van der Waals surface area contributed by atoms with E-state index in [1.165, 1.54) is 6.26 Å². The predicted octanol–water partition coefficient (Wildman–Crippen LogP) is 2.96. The number of furan rings is 1. The van der Waals surface area contributed by atoms with E-state index in [0.717, 1.165) is 15.6 Å². The van der Waals surface area contributed by atoms with Gasteiger partial charge in [-0.05, 0) is 29.0 Å². The molecule has 0 saturated carbocycles. The Labute approximate surface area is 119 Å². The molecule has 0 spiro atoms. The number of benzene rings is 1. The summed E-state index contributed by atoms with van der Waals surface area (Å²) in [6.45, 7) is 0.153. The number of carbonyl (C=O) groups is 1. The summed E-state index contributed by atoms with van der Waals surface area (Å²) in [4.78, 5) is 11.7. The monoisotopic (exact) mass is 287 g/mol. The van der Waals surface area contributed by atoms with Gasteiger partial charge in [0.2, 0.25) is 0 Å². The molecule has 102 valence electrons. The van der Waals surface area contributed by atoms with Crippen molar-refractivity contribution in [2.75, 3.05) is 6.54 Å². The summed E-state index contributed by atoms with van der Waals surface area (Å²) in [5.41, 5.74) is 0.838. The lowest BCUT2D eigenvalue weighted by molar-refractivity contribution is 0.0890. The fraction of sp³-hybridized carbons (Fsp3) is 0.133. The zero-order valence-corrected chi connectivity index (χ0v) is 11.4. The predicted molar refractivity (Wildman–Crippen MR) is 77.8 cm³/mol. The average molecular weight is 287 g/mol. The second kappa shape index (κ2) is 5.48. The number of amides is 1. The van der Waals surface area contributed by atoms with Crippen LogP contribution in [0.25, 0.3) is 10.1 Å². The Kier molecular flexibility index (Phi) is 3.54. The van der Waals surface area contributed by atoms with Gasteiger partial charge in [0, 0.05) is 16.8 Å². The van der Waals surface area contributed by atoms with Crippen molar-refractivity contribution < 1.29 is 14.3 Å². The molecule has 1 aromatic carbocycles. The normalized spacial score (nSPS) is 12.4. The number of hydrogen-bond donors (Lipinski definition) is 2. The molecule has 0 aliphatic heterocycles. The van der Waals surface area contributed by atoms with Crippen LogP contribution >= 0.6 is 11.3 Å². The van der Waals surface area contributed by atoms with E-state index in [1.54, 1.807) is 23.5 Å². The van der Waals surface area contributed by atoms with Crippen LogP contribution in [-0.2, 0) is 0 Å². The molecule has 0 unspecified atom stereocenters. The maximum atomic E-state index is 11.7. The summed E-state index contributed by atoms with van der Waals surface area (Å²) in [6.07, 6.45) is 0.711. The van der Waals surface area contributed by atoms with Crippen molar-refractivity contribution in [1.29, 1.82) is 0 Å². The molecular weight excluding hydrogens is 274 g/mol. The number of rotatable bonds is 4. The molecule has 1 atom stereocenters. The molecule has 0 bridgehead atoms. The minimum atomic E-state index is -0.731. The molecule has 1 amide bonds. The first-order chi connectivity index (χ1) is 9.75. The third-order valence-corrected chi connectivity index (χ3v) is 4.05. The summed E-state index contributed by atoms with van der Waals surface area (Å²) >= 11 is 1.58. The van der Waals surface area contributed by atoms with Gasteiger partial charge in [-0.2, -0.15) is 0 Å². The number of carbonyl (C=O) groups excluding carboxylic acids is 1. The Morgan fingerprint density at radius 3 is 2.95 bits per heavy atom. The molecule has 4 nitrogen and oxygen atoms in total. The molecular formula is C15H13NO3S. The van der Waals surface area contributed by atoms with Gasteiger partial charge in [-0.3, -0.25) is 4.79 Å². The molecule has 5 heteroatoms. The Morgan fingerprint density at radius 1 is 1.30 bits per heavy atom. The third-order valence-electron chi connectivity index (χ3n) is 3.07. The molecule has 0 radical (unpaired) electrons. The van der Waals surface area contributed by atoms with Crippen LogP contribution in [-0.4, -0.2) is 17.6 Å². The Bertz CT molecular complexity index is 718. The van der Waals surface area contributed by atoms with Crippen molar-refractivity contribution in [3.8, 4) is 0 Å². The van der Waals surface area contributed by atoms with Crippen molar-refractivity contribution in [2.24, 2.45) is 0 Å². The molecule has 20 heavy (non-hydrogen) atoms. The zero-order valence-electron chi connectivity index (χ0n) is 10.6. The lowest BCUT2D eigenvalue weighted by Crippen LogP contribution is -2.27. The van der Waals surface area contributed by atoms with E-state index in [1.807, 2.05) is 29.6 Å². The highest BCUT2D eigenvalue weighted by Gasteiger charge is 2.15. The van der Waals surface area contributed by atoms with Gasteiger partial charge in [0.25, 0.3) is 5.91 Å². The second-order valence-electron chi connectivity index (χ2n) is 4.39. The van der Waals surface area contributed by atoms with E-state index in [4.69, 9.17) is 4.42 Å². The summed E-state index contributed by atoms with van der Waals surface area (Å²) in [5.74, 6) is -0.0824. The standard InChI is InChI=1S/C15H13NO3S/c17-12(8-16-15(18)13-5-3-7-19-13)11-9-20-14-6-2-1-4-10(11)14/h1-7,9,12,17H,8H2,(H,16,18)/t12-/m0/s1.